The first-order valence-corrected chi connectivity index (χ1v) is 6.43. The largest absolute Gasteiger partial charge is 0.381 e. The van der Waals surface area contributed by atoms with Crippen LogP contribution >= 0.6 is 11.6 Å². The average Bonchev–Trinajstić information content (AvgIpc) is 2.32. The predicted molar refractivity (Wildman–Crippen MR) is 73.1 cm³/mol. The van der Waals surface area contributed by atoms with Gasteiger partial charge in [0.1, 0.15) is 5.82 Å². The first kappa shape index (κ1) is 14.8. The molecule has 1 aromatic rings. The van der Waals surface area contributed by atoms with Crippen LogP contribution in [0.5, 0.6) is 0 Å². The van der Waals surface area contributed by atoms with Crippen molar-refractivity contribution in [3.8, 4) is 6.07 Å². The number of nitrogens with one attached hydrogen (secondary N) is 1. The summed E-state index contributed by atoms with van der Waals surface area (Å²) in [7, 11) is 0. The summed E-state index contributed by atoms with van der Waals surface area (Å²) in [4.78, 5) is 0. The second-order valence-corrected chi connectivity index (χ2v) is 5.38. The molecule has 0 aliphatic carbocycles. The van der Waals surface area contributed by atoms with Gasteiger partial charge in [0.2, 0.25) is 0 Å². The van der Waals surface area contributed by atoms with Gasteiger partial charge >= 0.3 is 0 Å². The van der Waals surface area contributed by atoms with Crippen molar-refractivity contribution in [3.05, 3.63) is 29.0 Å². The Hall–Kier alpha value is -1.27. The summed E-state index contributed by atoms with van der Waals surface area (Å²) < 4.78 is 13.4. The number of nitrogens with zero attached hydrogens (tertiary/aromatic N) is 1. The second-order valence-electron chi connectivity index (χ2n) is 4.98. The lowest BCUT2D eigenvalue weighted by Gasteiger charge is -2.15. The number of unbranched alkanes of at least 4 members (excludes halogenated alkanes) is 1. The van der Waals surface area contributed by atoms with Gasteiger partial charge < -0.3 is 5.32 Å². The van der Waals surface area contributed by atoms with Crippen LogP contribution in [0.3, 0.4) is 0 Å². The van der Waals surface area contributed by atoms with E-state index in [0.717, 1.165) is 19.3 Å². The normalized spacial score (nSPS) is 11.1. The molecule has 0 amide bonds. The SMILES string of the molecule is CC(C)(C#N)CCCCNc1c(F)cccc1Cl. The number of anilines is 1. The first-order chi connectivity index (χ1) is 8.46. The van der Waals surface area contributed by atoms with Crippen LogP contribution in [0.2, 0.25) is 5.02 Å². The maximum Gasteiger partial charge on any atom is 0.147 e. The van der Waals surface area contributed by atoms with Crippen LogP contribution in [0.15, 0.2) is 18.2 Å². The van der Waals surface area contributed by atoms with E-state index < -0.39 is 0 Å². The van der Waals surface area contributed by atoms with E-state index in [9.17, 15) is 4.39 Å². The van der Waals surface area contributed by atoms with Crippen LogP contribution in [-0.4, -0.2) is 6.54 Å². The van der Waals surface area contributed by atoms with E-state index in [0.29, 0.717) is 17.3 Å². The molecular weight excluding hydrogens is 251 g/mol. The predicted octanol–water partition coefficient (Wildman–Crippen LogP) is 4.61. The third-order valence-electron chi connectivity index (χ3n) is 2.80. The molecule has 0 saturated heterocycles. The summed E-state index contributed by atoms with van der Waals surface area (Å²) in [5.41, 5.74) is 0.0778. The van der Waals surface area contributed by atoms with Gasteiger partial charge in [0.05, 0.1) is 22.2 Å². The van der Waals surface area contributed by atoms with E-state index in [-0.39, 0.29) is 11.2 Å². The molecule has 0 fully saturated rings. The monoisotopic (exact) mass is 268 g/mol. The van der Waals surface area contributed by atoms with Crippen molar-refractivity contribution in [3.63, 3.8) is 0 Å². The fraction of sp³-hybridized carbons (Fsp3) is 0.500. The molecule has 0 aromatic heterocycles. The van der Waals surface area contributed by atoms with Crippen LogP contribution in [0.1, 0.15) is 33.1 Å². The van der Waals surface area contributed by atoms with Crippen molar-refractivity contribution in [2.75, 3.05) is 11.9 Å². The Labute approximate surface area is 113 Å². The minimum Gasteiger partial charge on any atom is -0.381 e. The van der Waals surface area contributed by atoms with E-state index >= 15 is 0 Å². The van der Waals surface area contributed by atoms with Crippen LogP contribution in [-0.2, 0) is 0 Å². The minimum atomic E-state index is -0.333. The van der Waals surface area contributed by atoms with Gasteiger partial charge in [-0.15, -0.1) is 0 Å². The highest BCUT2D eigenvalue weighted by molar-refractivity contribution is 6.33. The van der Waals surface area contributed by atoms with Gasteiger partial charge in [0.15, 0.2) is 0 Å². The van der Waals surface area contributed by atoms with Crippen LogP contribution in [0, 0.1) is 22.6 Å². The number of rotatable bonds is 6. The Morgan fingerprint density at radius 2 is 2.11 bits per heavy atom. The molecule has 4 heteroatoms. The first-order valence-electron chi connectivity index (χ1n) is 6.05. The van der Waals surface area contributed by atoms with E-state index in [2.05, 4.69) is 11.4 Å². The third-order valence-corrected chi connectivity index (χ3v) is 3.11. The Morgan fingerprint density at radius 1 is 1.39 bits per heavy atom. The zero-order valence-electron chi connectivity index (χ0n) is 10.8. The van der Waals surface area contributed by atoms with Crippen LogP contribution in [0.25, 0.3) is 0 Å². The highest BCUT2D eigenvalue weighted by atomic mass is 35.5. The van der Waals surface area contributed by atoms with Gasteiger partial charge in [-0.1, -0.05) is 24.1 Å². The fourth-order valence-corrected chi connectivity index (χ4v) is 1.86. The van der Waals surface area contributed by atoms with Crippen LogP contribution in [0.4, 0.5) is 10.1 Å². The second kappa shape index (κ2) is 6.61. The molecule has 0 atom stereocenters. The summed E-state index contributed by atoms with van der Waals surface area (Å²) >= 11 is 5.89. The molecule has 2 nitrogen and oxygen atoms in total. The minimum absolute atomic E-state index is 0.282. The molecule has 1 N–H and O–H groups in total. The zero-order valence-corrected chi connectivity index (χ0v) is 11.5. The number of nitriles is 1. The fourth-order valence-electron chi connectivity index (χ4n) is 1.63. The summed E-state index contributed by atoms with van der Waals surface area (Å²) in [6.07, 6.45) is 2.66. The Kier molecular flexibility index (Phi) is 5.43. The van der Waals surface area contributed by atoms with Crippen molar-refractivity contribution < 1.29 is 4.39 Å². The molecule has 0 saturated carbocycles. The molecule has 0 bridgehead atoms. The number of benzene rings is 1. The maximum atomic E-state index is 13.4. The lowest BCUT2D eigenvalue weighted by Crippen LogP contribution is -2.09. The molecule has 1 rings (SSSR count). The summed E-state index contributed by atoms with van der Waals surface area (Å²) in [5.74, 6) is -0.333. The van der Waals surface area contributed by atoms with E-state index in [1.54, 1.807) is 12.1 Å². The van der Waals surface area contributed by atoms with Gasteiger partial charge in [-0.2, -0.15) is 5.26 Å². The Balaban J connectivity index is 2.33. The molecule has 1 aromatic carbocycles. The summed E-state index contributed by atoms with van der Waals surface area (Å²) in [5, 5.41) is 12.3. The molecule has 18 heavy (non-hydrogen) atoms. The molecule has 0 aliphatic heterocycles. The number of para-hydroxylation sites is 1. The van der Waals surface area contributed by atoms with Crippen molar-refractivity contribution >= 4 is 17.3 Å². The molecule has 98 valence electrons. The maximum absolute atomic E-state index is 13.4. The number of hydrogen-bond acceptors (Lipinski definition) is 2. The molecule has 0 heterocycles. The Morgan fingerprint density at radius 3 is 2.72 bits per heavy atom. The quantitative estimate of drug-likeness (QED) is 0.765. The van der Waals surface area contributed by atoms with Crippen molar-refractivity contribution in [2.45, 2.75) is 33.1 Å². The Bertz CT molecular complexity index is 418. The van der Waals surface area contributed by atoms with E-state index in [1.807, 2.05) is 13.8 Å². The van der Waals surface area contributed by atoms with Gasteiger partial charge in [0.25, 0.3) is 0 Å². The van der Waals surface area contributed by atoms with Gasteiger partial charge in [-0.05, 0) is 38.8 Å². The van der Waals surface area contributed by atoms with E-state index in [1.165, 1.54) is 6.07 Å². The molecule has 0 aliphatic rings. The van der Waals surface area contributed by atoms with Crippen molar-refractivity contribution in [1.82, 2.24) is 0 Å². The lowest BCUT2D eigenvalue weighted by molar-refractivity contribution is 0.430. The standard InChI is InChI=1S/C14H18ClFN2/c1-14(2,10-17)8-3-4-9-18-13-11(15)6-5-7-12(13)16/h5-7,18H,3-4,8-9H2,1-2H3. The molecule has 0 radical (unpaired) electrons. The number of halogens is 2. The zero-order chi connectivity index (χ0) is 13.6. The summed E-state index contributed by atoms with van der Waals surface area (Å²) in [6, 6.07) is 6.89. The van der Waals surface area contributed by atoms with Gasteiger partial charge in [-0.25, -0.2) is 4.39 Å². The lowest BCUT2D eigenvalue weighted by atomic mass is 9.89. The number of hydrogen-bond donors (Lipinski definition) is 1. The van der Waals surface area contributed by atoms with Crippen LogP contribution < -0.4 is 5.32 Å². The highest BCUT2D eigenvalue weighted by Gasteiger charge is 2.15. The highest BCUT2D eigenvalue weighted by Crippen LogP contribution is 2.25. The van der Waals surface area contributed by atoms with Crippen molar-refractivity contribution in [2.24, 2.45) is 5.41 Å². The topological polar surface area (TPSA) is 35.8 Å². The smallest absolute Gasteiger partial charge is 0.147 e. The van der Waals surface area contributed by atoms with Gasteiger partial charge in [0, 0.05) is 6.54 Å². The van der Waals surface area contributed by atoms with Gasteiger partial charge in [-0.3, -0.25) is 0 Å². The van der Waals surface area contributed by atoms with E-state index in [4.69, 9.17) is 16.9 Å². The average molecular weight is 269 g/mol. The summed E-state index contributed by atoms with van der Waals surface area (Å²) in [6.45, 7) is 4.50. The third kappa shape index (κ3) is 4.54. The molecular formula is C14H18ClFN2. The molecule has 0 unspecified atom stereocenters. The molecule has 0 spiro atoms. The van der Waals surface area contributed by atoms with Crippen molar-refractivity contribution in [1.29, 1.82) is 5.26 Å².